The van der Waals surface area contributed by atoms with Gasteiger partial charge in [-0.25, -0.2) is 0 Å². The molecule has 1 aliphatic heterocycles. The van der Waals surface area contributed by atoms with Crippen molar-refractivity contribution in [3.05, 3.63) is 34.1 Å². The molecule has 0 radical (unpaired) electrons. The lowest BCUT2D eigenvalue weighted by Crippen LogP contribution is -2.45. The number of nitrogen functional groups attached to an aromatic ring is 1. The predicted molar refractivity (Wildman–Crippen MR) is 105 cm³/mol. The molecular weight excluding hydrogens is 379 g/mol. The van der Waals surface area contributed by atoms with E-state index < -0.39 is 0 Å². The molecule has 0 aliphatic carbocycles. The van der Waals surface area contributed by atoms with Crippen LogP contribution in [0.3, 0.4) is 0 Å². The van der Waals surface area contributed by atoms with E-state index in [0.29, 0.717) is 21.8 Å². The quantitative estimate of drug-likeness (QED) is 0.791. The van der Waals surface area contributed by atoms with Crippen LogP contribution in [0.15, 0.2) is 23.1 Å². The van der Waals surface area contributed by atoms with Gasteiger partial charge in [0.15, 0.2) is 0 Å². The van der Waals surface area contributed by atoms with Gasteiger partial charge in [-0.3, -0.25) is 0 Å². The summed E-state index contributed by atoms with van der Waals surface area (Å²) in [5.41, 5.74) is 5.92. The lowest BCUT2D eigenvalue weighted by atomic mass is 10.3. The number of thioether (sulfide) groups is 1. The van der Waals surface area contributed by atoms with E-state index in [1.165, 1.54) is 0 Å². The fourth-order valence-electron chi connectivity index (χ4n) is 2.54. The number of rotatable bonds is 4. The second kappa shape index (κ2) is 7.95. The number of piperazine rings is 1. The lowest BCUT2D eigenvalue weighted by molar-refractivity contribution is 0.311. The van der Waals surface area contributed by atoms with E-state index in [1.54, 1.807) is 23.9 Å². The molecule has 134 valence electrons. The Balaban J connectivity index is 1.80. The molecule has 1 atom stereocenters. The number of aromatic nitrogens is 3. The van der Waals surface area contributed by atoms with Gasteiger partial charge in [0.1, 0.15) is 5.82 Å². The molecule has 25 heavy (non-hydrogen) atoms. The number of nitrogens with two attached hydrogens (primary N) is 1. The van der Waals surface area contributed by atoms with Crippen molar-refractivity contribution in [1.82, 2.24) is 19.9 Å². The Morgan fingerprint density at radius 1 is 1.12 bits per heavy atom. The van der Waals surface area contributed by atoms with E-state index in [-0.39, 0.29) is 11.2 Å². The highest BCUT2D eigenvalue weighted by molar-refractivity contribution is 7.99. The summed E-state index contributed by atoms with van der Waals surface area (Å²) in [6.45, 7) is 5.72. The van der Waals surface area contributed by atoms with Gasteiger partial charge in [-0.15, -0.1) is 11.8 Å². The van der Waals surface area contributed by atoms with Crippen molar-refractivity contribution in [2.75, 3.05) is 43.9 Å². The summed E-state index contributed by atoms with van der Waals surface area (Å²) in [4.78, 5) is 18.6. The summed E-state index contributed by atoms with van der Waals surface area (Å²) in [5.74, 6) is 1.52. The number of nitrogens with zero attached hydrogens (tertiary/aromatic N) is 5. The first-order valence-electron chi connectivity index (χ1n) is 7.99. The first kappa shape index (κ1) is 18.5. The van der Waals surface area contributed by atoms with Gasteiger partial charge in [0.25, 0.3) is 0 Å². The van der Waals surface area contributed by atoms with Crippen molar-refractivity contribution in [1.29, 1.82) is 0 Å². The molecule has 0 bridgehead atoms. The highest BCUT2D eigenvalue weighted by Gasteiger charge is 2.20. The van der Waals surface area contributed by atoms with Crippen molar-refractivity contribution in [3.63, 3.8) is 0 Å². The minimum absolute atomic E-state index is 0.0347. The van der Waals surface area contributed by atoms with Gasteiger partial charge in [-0.05, 0) is 32.2 Å². The van der Waals surface area contributed by atoms with Crippen LogP contribution in [0.25, 0.3) is 0 Å². The molecule has 0 spiro atoms. The molecule has 1 unspecified atom stereocenters. The van der Waals surface area contributed by atoms with Crippen LogP contribution in [0.2, 0.25) is 10.0 Å². The first-order valence-corrected chi connectivity index (χ1v) is 9.62. The van der Waals surface area contributed by atoms with Crippen molar-refractivity contribution >= 4 is 46.9 Å². The fraction of sp³-hybridized carbons (Fsp3) is 0.438. The third kappa shape index (κ3) is 4.67. The number of likely N-dealkylation sites (N-methyl/N-ethyl adjacent to an activating group) is 1. The zero-order valence-corrected chi connectivity index (χ0v) is 16.4. The average Bonchev–Trinajstić information content (AvgIpc) is 2.58. The summed E-state index contributed by atoms with van der Waals surface area (Å²) >= 11 is 13.9. The Labute approximate surface area is 161 Å². The van der Waals surface area contributed by atoms with Crippen LogP contribution in [-0.4, -0.2) is 53.1 Å². The molecule has 1 aromatic heterocycles. The summed E-state index contributed by atoms with van der Waals surface area (Å²) in [7, 11) is 2.11. The third-order valence-corrected chi connectivity index (χ3v) is 5.84. The van der Waals surface area contributed by atoms with Crippen molar-refractivity contribution < 1.29 is 0 Å². The molecule has 2 aromatic rings. The highest BCUT2D eigenvalue weighted by Crippen LogP contribution is 2.38. The summed E-state index contributed by atoms with van der Waals surface area (Å²) in [6.07, 6.45) is 0. The van der Waals surface area contributed by atoms with Crippen LogP contribution in [0.5, 0.6) is 0 Å². The molecule has 0 saturated carbocycles. The SMILES string of the molecule is CC(Sc1cc(Cl)ccc1Cl)c1nc(N)nc(N2CCN(C)CC2)n1. The van der Waals surface area contributed by atoms with E-state index in [0.717, 1.165) is 31.1 Å². The van der Waals surface area contributed by atoms with Crippen LogP contribution in [0.4, 0.5) is 11.9 Å². The number of hydrogen-bond acceptors (Lipinski definition) is 7. The topological polar surface area (TPSA) is 71.2 Å². The van der Waals surface area contributed by atoms with Crippen LogP contribution >= 0.6 is 35.0 Å². The monoisotopic (exact) mass is 398 g/mol. The van der Waals surface area contributed by atoms with Crippen molar-refractivity contribution in [2.45, 2.75) is 17.1 Å². The van der Waals surface area contributed by atoms with Gasteiger partial charge >= 0.3 is 0 Å². The Bertz CT molecular complexity index is 751. The maximum atomic E-state index is 6.26. The van der Waals surface area contributed by atoms with Gasteiger partial charge < -0.3 is 15.5 Å². The number of anilines is 2. The molecular formula is C16H20Cl2N6S. The molecule has 0 amide bonds. The highest BCUT2D eigenvalue weighted by atomic mass is 35.5. The molecule has 1 saturated heterocycles. The second-order valence-corrected chi connectivity index (χ2v) is 8.20. The number of benzene rings is 1. The van der Waals surface area contributed by atoms with E-state index in [4.69, 9.17) is 28.9 Å². The Morgan fingerprint density at radius 2 is 1.84 bits per heavy atom. The van der Waals surface area contributed by atoms with E-state index in [9.17, 15) is 0 Å². The standard InChI is InChI=1S/C16H20Cl2N6S/c1-10(25-13-9-11(17)3-4-12(13)18)14-20-15(19)22-16(21-14)24-7-5-23(2)6-8-24/h3-4,9-10H,5-8H2,1-2H3,(H2,19,20,21,22). The van der Waals surface area contributed by atoms with Gasteiger partial charge in [-0.2, -0.15) is 15.0 Å². The maximum absolute atomic E-state index is 6.26. The first-order chi connectivity index (χ1) is 11.9. The minimum Gasteiger partial charge on any atom is -0.368 e. The molecule has 1 aromatic carbocycles. The lowest BCUT2D eigenvalue weighted by Gasteiger charge is -2.32. The molecule has 3 rings (SSSR count). The van der Waals surface area contributed by atoms with E-state index >= 15 is 0 Å². The van der Waals surface area contributed by atoms with Crippen LogP contribution in [-0.2, 0) is 0 Å². The molecule has 2 N–H and O–H groups in total. The Kier molecular flexibility index (Phi) is 5.89. The van der Waals surface area contributed by atoms with Gasteiger partial charge in [-0.1, -0.05) is 23.2 Å². The van der Waals surface area contributed by atoms with Crippen LogP contribution in [0, 0.1) is 0 Å². The molecule has 6 nitrogen and oxygen atoms in total. The maximum Gasteiger partial charge on any atom is 0.230 e. The summed E-state index contributed by atoms with van der Waals surface area (Å²) in [5, 5.41) is 1.27. The van der Waals surface area contributed by atoms with Gasteiger partial charge in [0, 0.05) is 36.1 Å². The largest absolute Gasteiger partial charge is 0.368 e. The van der Waals surface area contributed by atoms with Crippen LogP contribution in [0.1, 0.15) is 18.0 Å². The predicted octanol–water partition coefficient (Wildman–Crippen LogP) is 3.37. The van der Waals surface area contributed by atoms with Crippen LogP contribution < -0.4 is 10.6 Å². The Morgan fingerprint density at radius 3 is 2.56 bits per heavy atom. The second-order valence-electron chi connectivity index (χ2n) is 5.98. The van der Waals surface area contributed by atoms with E-state index in [1.807, 2.05) is 13.0 Å². The average molecular weight is 399 g/mol. The minimum atomic E-state index is -0.0347. The third-order valence-electron chi connectivity index (χ3n) is 4.00. The summed E-state index contributed by atoms with van der Waals surface area (Å²) < 4.78 is 0. The van der Waals surface area contributed by atoms with Crippen molar-refractivity contribution in [3.8, 4) is 0 Å². The number of hydrogen-bond donors (Lipinski definition) is 1. The summed E-state index contributed by atoms with van der Waals surface area (Å²) in [6, 6.07) is 5.40. The van der Waals surface area contributed by atoms with Gasteiger partial charge in [0.2, 0.25) is 11.9 Å². The molecule has 9 heteroatoms. The normalized spacial score (nSPS) is 16.9. The number of halogens is 2. The zero-order chi connectivity index (χ0) is 18.0. The van der Waals surface area contributed by atoms with Gasteiger partial charge in [0.05, 0.1) is 10.3 Å². The molecule has 1 fully saturated rings. The molecule has 1 aliphatic rings. The van der Waals surface area contributed by atoms with Crippen molar-refractivity contribution in [2.24, 2.45) is 0 Å². The molecule has 2 heterocycles. The van der Waals surface area contributed by atoms with E-state index in [2.05, 4.69) is 31.8 Å². The zero-order valence-electron chi connectivity index (χ0n) is 14.1. The fourth-order valence-corrected chi connectivity index (χ4v) is 3.99. The smallest absolute Gasteiger partial charge is 0.230 e. The Hall–Kier alpha value is -1.28.